The van der Waals surface area contributed by atoms with Gasteiger partial charge in [-0.05, 0) is 61.0 Å². The van der Waals surface area contributed by atoms with Crippen LogP contribution in [-0.4, -0.2) is 64.7 Å². The Labute approximate surface area is 152 Å². The highest BCUT2D eigenvalue weighted by atomic mass is 16.5. The molecule has 0 amide bonds. The molecule has 1 saturated carbocycles. The van der Waals surface area contributed by atoms with Gasteiger partial charge in [0, 0.05) is 31.2 Å². The molecule has 0 aromatic heterocycles. The predicted molar refractivity (Wildman–Crippen MR) is 99.1 cm³/mol. The van der Waals surface area contributed by atoms with Crippen LogP contribution in [0.25, 0.3) is 0 Å². The molecule has 1 aliphatic heterocycles. The SMILES string of the molecule is C=C(OC(C)(C)C)N1C(C)CN(C2CC(C(=O)OCC)C2)C[C@H]1C.O. The summed E-state index contributed by atoms with van der Waals surface area (Å²) < 4.78 is 11.1. The Morgan fingerprint density at radius 2 is 1.68 bits per heavy atom. The minimum atomic E-state index is -0.228. The van der Waals surface area contributed by atoms with Gasteiger partial charge in [0.1, 0.15) is 5.60 Å². The third-order valence-electron chi connectivity index (χ3n) is 4.91. The number of hydrogen-bond donors (Lipinski definition) is 0. The van der Waals surface area contributed by atoms with Gasteiger partial charge in [-0.3, -0.25) is 9.69 Å². The van der Waals surface area contributed by atoms with Crippen LogP contribution < -0.4 is 0 Å². The zero-order valence-electron chi connectivity index (χ0n) is 16.7. The number of hydrogen-bond acceptors (Lipinski definition) is 5. The molecule has 2 rings (SSSR count). The number of carbonyl (C=O) groups is 1. The molecule has 1 heterocycles. The lowest BCUT2D eigenvalue weighted by molar-refractivity contribution is -0.154. The van der Waals surface area contributed by atoms with E-state index in [-0.39, 0.29) is 23.0 Å². The van der Waals surface area contributed by atoms with E-state index in [1.54, 1.807) is 0 Å². The van der Waals surface area contributed by atoms with Gasteiger partial charge in [0.05, 0.1) is 12.5 Å². The summed E-state index contributed by atoms with van der Waals surface area (Å²) in [4.78, 5) is 16.6. The van der Waals surface area contributed by atoms with Crippen molar-refractivity contribution in [3.05, 3.63) is 12.5 Å². The maximum atomic E-state index is 11.8. The van der Waals surface area contributed by atoms with Crippen LogP contribution >= 0.6 is 0 Å². The summed E-state index contributed by atoms with van der Waals surface area (Å²) in [6.45, 7) is 19.0. The summed E-state index contributed by atoms with van der Waals surface area (Å²) in [5.74, 6) is 0.832. The van der Waals surface area contributed by atoms with E-state index in [1.165, 1.54) is 0 Å². The zero-order valence-corrected chi connectivity index (χ0v) is 16.7. The van der Waals surface area contributed by atoms with Crippen molar-refractivity contribution in [3.63, 3.8) is 0 Å². The molecule has 6 nitrogen and oxygen atoms in total. The number of nitrogens with zero attached hydrogens (tertiary/aromatic N) is 2. The highest BCUT2D eigenvalue weighted by Crippen LogP contribution is 2.35. The quantitative estimate of drug-likeness (QED) is 0.558. The molecule has 2 N–H and O–H groups in total. The van der Waals surface area contributed by atoms with Gasteiger partial charge in [0.2, 0.25) is 0 Å². The van der Waals surface area contributed by atoms with E-state index in [1.807, 2.05) is 27.7 Å². The van der Waals surface area contributed by atoms with E-state index in [0.29, 0.717) is 24.7 Å². The Morgan fingerprint density at radius 3 is 2.12 bits per heavy atom. The number of carbonyl (C=O) groups excluding carboxylic acids is 1. The van der Waals surface area contributed by atoms with Crippen LogP contribution in [0.5, 0.6) is 0 Å². The van der Waals surface area contributed by atoms with Crippen LogP contribution in [0.4, 0.5) is 0 Å². The molecule has 0 bridgehead atoms. The molecule has 1 saturated heterocycles. The topological polar surface area (TPSA) is 73.5 Å². The van der Waals surface area contributed by atoms with Gasteiger partial charge in [0.25, 0.3) is 0 Å². The van der Waals surface area contributed by atoms with E-state index in [2.05, 4.69) is 30.2 Å². The molecular formula is C19H36N2O4. The summed E-state index contributed by atoms with van der Waals surface area (Å²) in [6.07, 6.45) is 1.86. The average molecular weight is 357 g/mol. The van der Waals surface area contributed by atoms with Gasteiger partial charge >= 0.3 is 5.97 Å². The zero-order chi connectivity index (χ0) is 18.1. The number of rotatable bonds is 5. The number of esters is 1. The van der Waals surface area contributed by atoms with Crippen LogP contribution in [0, 0.1) is 5.92 Å². The Morgan fingerprint density at radius 1 is 1.16 bits per heavy atom. The first kappa shape index (κ1) is 21.8. The Hall–Kier alpha value is -1.27. The highest BCUT2D eigenvalue weighted by Gasteiger charge is 2.42. The standard InChI is InChI=1S/C19H34N2O3.H2O/c1-8-23-18(22)16-9-17(10-16)20-11-13(2)21(14(3)12-20)15(4)24-19(5,6)7;/h13-14,16-17H,4,8-12H2,1-3,5-7H3;1H2/t13-,14?,16?,17?;/m1./s1. The van der Waals surface area contributed by atoms with Crippen molar-refractivity contribution < 1.29 is 19.7 Å². The second-order valence-electron chi connectivity index (χ2n) is 8.24. The third kappa shape index (κ3) is 5.35. The van der Waals surface area contributed by atoms with Crippen molar-refractivity contribution in [3.8, 4) is 0 Å². The molecule has 2 fully saturated rings. The molecule has 0 aromatic rings. The summed E-state index contributed by atoms with van der Waals surface area (Å²) in [5.41, 5.74) is -0.228. The first-order chi connectivity index (χ1) is 11.1. The molecule has 2 atom stereocenters. The smallest absolute Gasteiger partial charge is 0.309 e. The third-order valence-corrected chi connectivity index (χ3v) is 4.91. The molecule has 1 unspecified atom stereocenters. The maximum absolute atomic E-state index is 11.8. The van der Waals surface area contributed by atoms with Crippen LogP contribution in [0.1, 0.15) is 54.4 Å². The van der Waals surface area contributed by atoms with Crippen molar-refractivity contribution in [2.45, 2.75) is 78.1 Å². The number of piperazine rings is 1. The minimum Gasteiger partial charge on any atom is -0.474 e. The lowest BCUT2D eigenvalue weighted by atomic mass is 9.78. The average Bonchev–Trinajstić information content (AvgIpc) is 2.33. The molecule has 0 spiro atoms. The summed E-state index contributed by atoms with van der Waals surface area (Å²) in [6, 6.07) is 1.21. The highest BCUT2D eigenvalue weighted by molar-refractivity contribution is 5.73. The molecular weight excluding hydrogens is 320 g/mol. The molecule has 146 valence electrons. The van der Waals surface area contributed by atoms with E-state index in [9.17, 15) is 4.79 Å². The van der Waals surface area contributed by atoms with Gasteiger partial charge in [-0.1, -0.05) is 0 Å². The van der Waals surface area contributed by atoms with Crippen LogP contribution in [0.2, 0.25) is 0 Å². The van der Waals surface area contributed by atoms with Crippen molar-refractivity contribution in [1.29, 1.82) is 0 Å². The fraction of sp³-hybridized carbons (Fsp3) is 0.842. The molecule has 0 aromatic carbocycles. The second-order valence-corrected chi connectivity index (χ2v) is 8.24. The van der Waals surface area contributed by atoms with Gasteiger partial charge in [-0.25, -0.2) is 0 Å². The molecule has 6 heteroatoms. The van der Waals surface area contributed by atoms with Crippen LogP contribution in [0.3, 0.4) is 0 Å². The monoisotopic (exact) mass is 356 g/mol. The molecule has 1 aliphatic carbocycles. The number of ether oxygens (including phenoxy) is 2. The van der Waals surface area contributed by atoms with E-state index in [0.717, 1.165) is 31.8 Å². The van der Waals surface area contributed by atoms with Gasteiger partial charge < -0.3 is 19.8 Å². The lowest BCUT2D eigenvalue weighted by Gasteiger charge is -2.51. The van der Waals surface area contributed by atoms with Crippen molar-refractivity contribution in [2.75, 3.05) is 19.7 Å². The van der Waals surface area contributed by atoms with Gasteiger partial charge in [-0.15, -0.1) is 0 Å². The van der Waals surface area contributed by atoms with Gasteiger partial charge in [0.15, 0.2) is 5.88 Å². The van der Waals surface area contributed by atoms with E-state index in [4.69, 9.17) is 9.47 Å². The van der Waals surface area contributed by atoms with Gasteiger partial charge in [-0.2, -0.15) is 0 Å². The Bertz CT molecular complexity index is 457. The molecule has 2 aliphatic rings. The largest absolute Gasteiger partial charge is 0.474 e. The van der Waals surface area contributed by atoms with E-state index >= 15 is 0 Å². The fourth-order valence-electron chi connectivity index (χ4n) is 3.90. The first-order valence-corrected chi connectivity index (χ1v) is 9.19. The summed E-state index contributed by atoms with van der Waals surface area (Å²) in [7, 11) is 0. The van der Waals surface area contributed by atoms with Crippen molar-refractivity contribution in [1.82, 2.24) is 9.80 Å². The van der Waals surface area contributed by atoms with Crippen molar-refractivity contribution in [2.24, 2.45) is 5.92 Å². The van der Waals surface area contributed by atoms with Crippen LogP contribution in [-0.2, 0) is 14.3 Å². The fourth-order valence-corrected chi connectivity index (χ4v) is 3.90. The van der Waals surface area contributed by atoms with Crippen LogP contribution in [0.15, 0.2) is 12.5 Å². The normalized spacial score (nSPS) is 30.1. The summed E-state index contributed by atoms with van der Waals surface area (Å²) >= 11 is 0. The summed E-state index contributed by atoms with van der Waals surface area (Å²) in [5, 5.41) is 0. The van der Waals surface area contributed by atoms with Crippen molar-refractivity contribution >= 4 is 5.97 Å². The molecule has 25 heavy (non-hydrogen) atoms. The Kier molecular flexibility index (Phi) is 7.32. The minimum absolute atomic E-state index is 0. The second kappa shape index (κ2) is 8.41. The maximum Gasteiger partial charge on any atom is 0.309 e. The molecule has 0 radical (unpaired) electrons. The first-order valence-electron chi connectivity index (χ1n) is 9.19. The predicted octanol–water partition coefficient (Wildman–Crippen LogP) is 2.18. The Balaban J connectivity index is 0.00000312. The van der Waals surface area contributed by atoms with E-state index < -0.39 is 0 Å². The lowest BCUT2D eigenvalue weighted by Crippen LogP contribution is -2.61.